The maximum Gasteiger partial charge on any atom is 0.256 e. The van der Waals surface area contributed by atoms with Crippen molar-refractivity contribution in [3.05, 3.63) is 80.1 Å². The summed E-state index contributed by atoms with van der Waals surface area (Å²) in [5.74, 6) is -0.588. The third kappa shape index (κ3) is 4.21. The van der Waals surface area contributed by atoms with Crippen LogP contribution >= 0.6 is 39.1 Å². The molecule has 0 aliphatic rings. The number of anilines is 1. The summed E-state index contributed by atoms with van der Waals surface area (Å²) in [4.78, 5) is 12.3. The van der Waals surface area contributed by atoms with Crippen molar-refractivity contribution >= 4 is 50.9 Å². The van der Waals surface area contributed by atoms with Gasteiger partial charge in [0, 0.05) is 26.8 Å². The van der Waals surface area contributed by atoms with Crippen LogP contribution in [0.4, 0.5) is 10.2 Å². The van der Waals surface area contributed by atoms with E-state index in [1.54, 1.807) is 24.3 Å². The van der Waals surface area contributed by atoms with Crippen molar-refractivity contribution in [2.45, 2.75) is 6.54 Å². The summed E-state index contributed by atoms with van der Waals surface area (Å²) < 4.78 is 16.1. The molecule has 0 atom stereocenters. The molecule has 0 saturated heterocycles. The zero-order valence-electron chi connectivity index (χ0n) is 12.6. The van der Waals surface area contributed by atoms with E-state index in [1.165, 1.54) is 23.0 Å². The van der Waals surface area contributed by atoms with Gasteiger partial charge >= 0.3 is 0 Å². The number of carbonyl (C=O) groups is 1. The van der Waals surface area contributed by atoms with Crippen LogP contribution in [-0.2, 0) is 6.54 Å². The Morgan fingerprint density at radius 3 is 2.68 bits per heavy atom. The molecule has 0 bridgehead atoms. The van der Waals surface area contributed by atoms with Crippen LogP contribution in [-0.4, -0.2) is 15.7 Å². The smallest absolute Gasteiger partial charge is 0.256 e. The van der Waals surface area contributed by atoms with Gasteiger partial charge in [0.05, 0.1) is 6.54 Å². The molecule has 0 aliphatic heterocycles. The number of aromatic nitrogens is 2. The van der Waals surface area contributed by atoms with Crippen molar-refractivity contribution in [1.29, 1.82) is 0 Å². The highest BCUT2D eigenvalue weighted by molar-refractivity contribution is 9.10. The molecule has 1 aromatic heterocycles. The van der Waals surface area contributed by atoms with Crippen LogP contribution < -0.4 is 5.32 Å². The molecule has 0 aliphatic carbocycles. The predicted octanol–water partition coefficient (Wildman–Crippen LogP) is 5.39. The molecular weight excluding hydrogens is 432 g/mol. The highest BCUT2D eigenvalue weighted by Gasteiger charge is 2.14. The van der Waals surface area contributed by atoms with Gasteiger partial charge in [0.1, 0.15) is 10.8 Å². The van der Waals surface area contributed by atoms with Gasteiger partial charge in [-0.05, 0) is 30.3 Å². The van der Waals surface area contributed by atoms with Gasteiger partial charge in [-0.3, -0.25) is 9.48 Å². The van der Waals surface area contributed by atoms with E-state index in [0.717, 1.165) is 4.47 Å². The van der Waals surface area contributed by atoms with Gasteiger partial charge < -0.3 is 5.32 Å². The first-order valence-corrected chi connectivity index (χ1v) is 8.71. The van der Waals surface area contributed by atoms with Gasteiger partial charge in [0.15, 0.2) is 5.82 Å². The van der Waals surface area contributed by atoms with Gasteiger partial charge in [0.25, 0.3) is 5.91 Å². The first-order valence-electron chi connectivity index (χ1n) is 7.17. The molecular formula is C17H11BrCl2FN3O. The molecule has 0 saturated carbocycles. The Morgan fingerprint density at radius 1 is 1.20 bits per heavy atom. The number of benzene rings is 2. The van der Waals surface area contributed by atoms with Gasteiger partial charge in [-0.2, -0.15) is 5.10 Å². The zero-order chi connectivity index (χ0) is 18.0. The standard InChI is InChI=1S/C17H11BrCl2FN3O/c18-11-4-1-3-10(7-11)17(25)22-16-14(20)9-24(23-16)8-12-13(19)5-2-6-15(12)21/h1-7,9H,8H2,(H,22,23,25). The van der Waals surface area contributed by atoms with E-state index < -0.39 is 5.82 Å². The summed E-state index contributed by atoms with van der Waals surface area (Å²) in [6, 6.07) is 11.4. The van der Waals surface area contributed by atoms with Crippen LogP contribution in [0.1, 0.15) is 15.9 Å². The first kappa shape index (κ1) is 17.9. The largest absolute Gasteiger partial charge is 0.304 e. The van der Waals surface area contributed by atoms with Gasteiger partial charge in [0.2, 0.25) is 0 Å². The van der Waals surface area contributed by atoms with Gasteiger partial charge in [-0.15, -0.1) is 0 Å². The number of hydrogen-bond donors (Lipinski definition) is 1. The first-order chi connectivity index (χ1) is 11.9. The van der Waals surface area contributed by atoms with Crippen LogP contribution in [0.2, 0.25) is 10.0 Å². The second-order valence-electron chi connectivity index (χ2n) is 5.19. The Labute approximate surface area is 161 Å². The molecule has 0 radical (unpaired) electrons. The van der Waals surface area contributed by atoms with Crippen LogP contribution in [0.15, 0.2) is 53.1 Å². The number of nitrogens with zero attached hydrogens (tertiary/aromatic N) is 2. The third-order valence-electron chi connectivity index (χ3n) is 3.42. The summed E-state index contributed by atoms with van der Waals surface area (Å²) in [6.45, 7) is 0.0952. The van der Waals surface area contributed by atoms with Crippen molar-refractivity contribution < 1.29 is 9.18 Å². The fourth-order valence-corrected chi connectivity index (χ4v) is 3.04. The van der Waals surface area contributed by atoms with E-state index in [2.05, 4.69) is 26.3 Å². The average Bonchev–Trinajstić information content (AvgIpc) is 2.90. The Kier molecular flexibility index (Phi) is 5.42. The number of rotatable bonds is 4. The lowest BCUT2D eigenvalue weighted by molar-refractivity contribution is 0.102. The Balaban J connectivity index is 1.80. The molecule has 0 fully saturated rings. The van der Waals surface area contributed by atoms with Crippen LogP contribution in [0.5, 0.6) is 0 Å². The SMILES string of the molecule is O=C(Nc1nn(Cc2c(F)cccc2Cl)cc1Cl)c1cccc(Br)c1. The van der Waals surface area contributed by atoms with Crippen LogP contribution in [0.3, 0.4) is 0 Å². The fourth-order valence-electron chi connectivity index (χ4n) is 2.22. The quantitative estimate of drug-likeness (QED) is 0.588. The van der Waals surface area contributed by atoms with E-state index >= 15 is 0 Å². The molecule has 1 heterocycles. The molecule has 25 heavy (non-hydrogen) atoms. The Hall–Kier alpha value is -1.89. The number of carbonyl (C=O) groups excluding carboxylic acids is 1. The molecule has 128 valence electrons. The van der Waals surface area contributed by atoms with Crippen molar-refractivity contribution in [3.63, 3.8) is 0 Å². The number of nitrogens with one attached hydrogen (secondary N) is 1. The highest BCUT2D eigenvalue weighted by atomic mass is 79.9. The molecule has 2 aromatic carbocycles. The molecule has 8 heteroatoms. The maximum atomic E-state index is 13.9. The molecule has 0 unspecified atom stereocenters. The number of hydrogen-bond acceptors (Lipinski definition) is 2. The van der Waals surface area contributed by atoms with Crippen LogP contribution in [0, 0.1) is 5.82 Å². The second kappa shape index (κ2) is 7.56. The van der Waals surface area contributed by atoms with E-state index in [4.69, 9.17) is 23.2 Å². The number of amides is 1. The summed E-state index contributed by atoms with van der Waals surface area (Å²) in [6.07, 6.45) is 1.50. The molecule has 1 N–H and O–H groups in total. The molecule has 3 aromatic rings. The fraction of sp³-hybridized carbons (Fsp3) is 0.0588. The summed E-state index contributed by atoms with van der Waals surface area (Å²) in [7, 11) is 0. The topological polar surface area (TPSA) is 46.9 Å². The van der Waals surface area contributed by atoms with E-state index in [1.807, 2.05) is 6.07 Å². The Morgan fingerprint density at radius 2 is 1.96 bits per heavy atom. The summed E-state index contributed by atoms with van der Waals surface area (Å²) in [5.41, 5.74) is 0.755. The maximum absolute atomic E-state index is 13.9. The molecule has 3 rings (SSSR count). The second-order valence-corrected chi connectivity index (χ2v) is 6.92. The summed E-state index contributed by atoms with van der Waals surface area (Å²) in [5, 5.41) is 7.37. The van der Waals surface area contributed by atoms with Crippen molar-refractivity contribution in [1.82, 2.24) is 9.78 Å². The number of halogens is 4. The minimum atomic E-state index is -0.432. The molecule has 1 amide bonds. The minimum absolute atomic E-state index is 0.0952. The van der Waals surface area contributed by atoms with Gasteiger partial charge in [-0.25, -0.2) is 4.39 Å². The predicted molar refractivity (Wildman–Crippen MR) is 99.8 cm³/mol. The van der Waals surface area contributed by atoms with E-state index in [0.29, 0.717) is 16.1 Å². The van der Waals surface area contributed by atoms with Gasteiger partial charge in [-0.1, -0.05) is 51.3 Å². The molecule has 4 nitrogen and oxygen atoms in total. The monoisotopic (exact) mass is 441 g/mol. The van der Waals surface area contributed by atoms with Crippen molar-refractivity contribution in [2.75, 3.05) is 5.32 Å². The van der Waals surface area contributed by atoms with Crippen LogP contribution in [0.25, 0.3) is 0 Å². The highest BCUT2D eigenvalue weighted by Crippen LogP contribution is 2.24. The summed E-state index contributed by atoms with van der Waals surface area (Å²) >= 11 is 15.4. The minimum Gasteiger partial charge on any atom is -0.304 e. The third-order valence-corrected chi connectivity index (χ3v) is 4.54. The zero-order valence-corrected chi connectivity index (χ0v) is 15.7. The lowest BCUT2D eigenvalue weighted by Gasteiger charge is -2.06. The average molecular weight is 443 g/mol. The van der Waals surface area contributed by atoms with Crippen molar-refractivity contribution in [3.8, 4) is 0 Å². The molecule has 0 spiro atoms. The normalized spacial score (nSPS) is 10.7. The van der Waals surface area contributed by atoms with Crippen molar-refractivity contribution in [2.24, 2.45) is 0 Å². The lowest BCUT2D eigenvalue weighted by atomic mass is 10.2. The lowest BCUT2D eigenvalue weighted by Crippen LogP contribution is -2.13. The van der Waals surface area contributed by atoms with E-state index in [-0.39, 0.29) is 23.3 Å². The Bertz CT molecular complexity index is 925. The van der Waals surface area contributed by atoms with E-state index in [9.17, 15) is 9.18 Å².